The normalized spacial score (nSPS) is 11.8. The summed E-state index contributed by atoms with van der Waals surface area (Å²) in [6.45, 7) is 7.48. The lowest BCUT2D eigenvalue weighted by Gasteiger charge is -2.27. The van der Waals surface area contributed by atoms with Gasteiger partial charge in [-0.2, -0.15) is 0 Å². The molecule has 0 aliphatic rings. The van der Waals surface area contributed by atoms with Crippen LogP contribution in [0.15, 0.2) is 30.3 Å². The maximum Gasteiger partial charge on any atom is 0.242 e. The molecule has 0 spiro atoms. The molecule has 2 amide bonds. The maximum absolute atomic E-state index is 12.2. The van der Waals surface area contributed by atoms with Gasteiger partial charge in [0.2, 0.25) is 11.8 Å². The van der Waals surface area contributed by atoms with Crippen LogP contribution in [0.5, 0.6) is 0 Å². The number of hydrogen-bond acceptors (Lipinski definition) is 3. The van der Waals surface area contributed by atoms with Gasteiger partial charge >= 0.3 is 0 Å². The number of rotatable bonds is 9. The van der Waals surface area contributed by atoms with Crippen LogP contribution < -0.4 is 5.32 Å². The number of carbonyl (C=O) groups is 2. The summed E-state index contributed by atoms with van der Waals surface area (Å²) in [5.74, 6) is -0.247. The van der Waals surface area contributed by atoms with Crippen LogP contribution in [0, 0.1) is 0 Å². The first kappa shape index (κ1) is 18.2. The van der Waals surface area contributed by atoms with E-state index in [1.54, 1.807) is 11.8 Å². The lowest BCUT2D eigenvalue weighted by Crippen LogP contribution is -2.47. The number of nitrogens with one attached hydrogen (secondary N) is 1. The molecule has 22 heavy (non-hydrogen) atoms. The molecule has 1 aromatic carbocycles. The highest BCUT2D eigenvalue weighted by Gasteiger charge is 2.23. The molecule has 1 atom stereocenters. The molecule has 122 valence electrons. The minimum absolute atomic E-state index is 0.110. The molecule has 0 bridgehead atoms. The second kappa shape index (κ2) is 9.95. The molecule has 0 heterocycles. The highest BCUT2D eigenvalue weighted by molar-refractivity contribution is 5.86. The van der Waals surface area contributed by atoms with Crippen LogP contribution >= 0.6 is 0 Å². The first-order chi connectivity index (χ1) is 10.6. The van der Waals surface area contributed by atoms with Gasteiger partial charge in [-0.3, -0.25) is 9.59 Å². The monoisotopic (exact) mass is 306 g/mol. The van der Waals surface area contributed by atoms with Crippen molar-refractivity contribution in [1.29, 1.82) is 0 Å². The molecular weight excluding hydrogens is 280 g/mol. The van der Waals surface area contributed by atoms with E-state index in [-0.39, 0.29) is 11.8 Å². The van der Waals surface area contributed by atoms with Gasteiger partial charge < -0.3 is 15.0 Å². The zero-order valence-electron chi connectivity index (χ0n) is 13.7. The summed E-state index contributed by atoms with van der Waals surface area (Å²) in [5.41, 5.74) is 1.01. The zero-order chi connectivity index (χ0) is 16.4. The van der Waals surface area contributed by atoms with Crippen molar-refractivity contribution in [3.8, 4) is 0 Å². The van der Waals surface area contributed by atoms with E-state index in [1.165, 1.54) is 6.92 Å². The average Bonchev–Trinajstić information content (AvgIpc) is 2.52. The molecule has 1 unspecified atom stereocenters. The van der Waals surface area contributed by atoms with E-state index in [2.05, 4.69) is 5.32 Å². The highest BCUT2D eigenvalue weighted by atomic mass is 16.5. The summed E-state index contributed by atoms with van der Waals surface area (Å²) >= 11 is 0. The van der Waals surface area contributed by atoms with Crippen molar-refractivity contribution in [3.63, 3.8) is 0 Å². The molecule has 0 aromatic heterocycles. The molecule has 1 rings (SSSR count). The Bertz CT molecular complexity index is 462. The fourth-order valence-electron chi connectivity index (χ4n) is 2.12. The van der Waals surface area contributed by atoms with Crippen molar-refractivity contribution in [2.75, 3.05) is 19.8 Å². The SMILES string of the molecule is CCOCCCNC(=O)C(C)N(Cc1ccccc1)C(C)=O. The molecule has 1 N–H and O–H groups in total. The van der Waals surface area contributed by atoms with Crippen LogP contribution in [0.2, 0.25) is 0 Å². The quantitative estimate of drug-likeness (QED) is 0.710. The molecule has 5 nitrogen and oxygen atoms in total. The smallest absolute Gasteiger partial charge is 0.242 e. The van der Waals surface area contributed by atoms with Crippen molar-refractivity contribution < 1.29 is 14.3 Å². The second-order valence-electron chi connectivity index (χ2n) is 5.15. The van der Waals surface area contributed by atoms with Crippen LogP contribution in [-0.4, -0.2) is 42.5 Å². The largest absolute Gasteiger partial charge is 0.382 e. The van der Waals surface area contributed by atoms with E-state index in [1.807, 2.05) is 37.3 Å². The van der Waals surface area contributed by atoms with Crippen LogP contribution in [-0.2, 0) is 20.9 Å². The van der Waals surface area contributed by atoms with E-state index < -0.39 is 6.04 Å². The van der Waals surface area contributed by atoms with Gasteiger partial charge in [0, 0.05) is 33.2 Å². The second-order valence-corrected chi connectivity index (χ2v) is 5.15. The van der Waals surface area contributed by atoms with E-state index in [0.717, 1.165) is 12.0 Å². The summed E-state index contributed by atoms with van der Waals surface area (Å²) in [4.78, 5) is 25.6. The number of ether oxygens (including phenoxy) is 1. The van der Waals surface area contributed by atoms with E-state index in [0.29, 0.717) is 26.3 Å². The van der Waals surface area contributed by atoms with Gasteiger partial charge in [-0.15, -0.1) is 0 Å². The Hall–Kier alpha value is -1.88. The molecule has 0 saturated heterocycles. The van der Waals surface area contributed by atoms with Crippen LogP contribution in [0.25, 0.3) is 0 Å². The number of amides is 2. The van der Waals surface area contributed by atoms with Crippen molar-refractivity contribution in [2.24, 2.45) is 0 Å². The molecule has 0 saturated carbocycles. The molecule has 0 fully saturated rings. The third kappa shape index (κ3) is 6.26. The topological polar surface area (TPSA) is 58.6 Å². The number of benzene rings is 1. The van der Waals surface area contributed by atoms with Crippen molar-refractivity contribution in [2.45, 2.75) is 39.8 Å². The summed E-state index contributed by atoms with van der Waals surface area (Å²) in [6, 6.07) is 9.17. The Kier molecular flexibility index (Phi) is 8.22. The lowest BCUT2D eigenvalue weighted by molar-refractivity contribution is -0.139. The Morgan fingerprint density at radius 3 is 2.55 bits per heavy atom. The summed E-state index contributed by atoms with van der Waals surface area (Å²) in [7, 11) is 0. The summed E-state index contributed by atoms with van der Waals surface area (Å²) in [6.07, 6.45) is 0.769. The predicted molar refractivity (Wildman–Crippen MR) is 86.2 cm³/mol. The maximum atomic E-state index is 12.2. The number of hydrogen-bond donors (Lipinski definition) is 1. The van der Waals surface area contributed by atoms with Gasteiger partial charge in [-0.1, -0.05) is 30.3 Å². The van der Waals surface area contributed by atoms with Gasteiger partial charge in [0.25, 0.3) is 0 Å². The number of nitrogens with zero attached hydrogens (tertiary/aromatic N) is 1. The summed E-state index contributed by atoms with van der Waals surface area (Å²) in [5, 5.41) is 2.85. The van der Waals surface area contributed by atoms with Gasteiger partial charge in [0.1, 0.15) is 6.04 Å². The molecule has 0 aliphatic carbocycles. The van der Waals surface area contributed by atoms with Crippen LogP contribution in [0.4, 0.5) is 0 Å². The lowest BCUT2D eigenvalue weighted by atomic mass is 10.1. The van der Waals surface area contributed by atoms with Crippen molar-refractivity contribution >= 4 is 11.8 Å². The van der Waals surface area contributed by atoms with E-state index in [9.17, 15) is 9.59 Å². The Labute approximate surface area is 132 Å². The highest BCUT2D eigenvalue weighted by Crippen LogP contribution is 2.09. The summed E-state index contributed by atoms with van der Waals surface area (Å²) < 4.78 is 5.22. The Morgan fingerprint density at radius 1 is 1.27 bits per heavy atom. The Morgan fingerprint density at radius 2 is 1.95 bits per heavy atom. The van der Waals surface area contributed by atoms with Crippen molar-refractivity contribution in [3.05, 3.63) is 35.9 Å². The minimum atomic E-state index is -0.496. The van der Waals surface area contributed by atoms with Crippen molar-refractivity contribution in [1.82, 2.24) is 10.2 Å². The number of carbonyl (C=O) groups excluding carboxylic acids is 2. The molecule has 5 heteroatoms. The van der Waals surface area contributed by atoms with E-state index in [4.69, 9.17) is 4.74 Å². The molecular formula is C17H26N2O3. The zero-order valence-corrected chi connectivity index (χ0v) is 13.7. The van der Waals surface area contributed by atoms with E-state index >= 15 is 0 Å². The molecule has 0 aliphatic heterocycles. The fourth-order valence-corrected chi connectivity index (χ4v) is 2.12. The average molecular weight is 306 g/mol. The van der Waals surface area contributed by atoms with Gasteiger partial charge in [-0.25, -0.2) is 0 Å². The third-order valence-electron chi connectivity index (χ3n) is 3.42. The first-order valence-electron chi connectivity index (χ1n) is 7.72. The predicted octanol–water partition coefficient (Wildman–Crippen LogP) is 1.97. The Balaban J connectivity index is 2.52. The fraction of sp³-hybridized carbons (Fsp3) is 0.529. The minimum Gasteiger partial charge on any atom is -0.382 e. The third-order valence-corrected chi connectivity index (χ3v) is 3.42. The van der Waals surface area contributed by atoms with Crippen LogP contribution in [0.3, 0.4) is 0 Å². The molecule has 0 radical (unpaired) electrons. The van der Waals surface area contributed by atoms with Crippen LogP contribution in [0.1, 0.15) is 32.8 Å². The first-order valence-corrected chi connectivity index (χ1v) is 7.72. The van der Waals surface area contributed by atoms with Gasteiger partial charge in [0.05, 0.1) is 0 Å². The van der Waals surface area contributed by atoms with Gasteiger partial charge in [-0.05, 0) is 25.8 Å². The van der Waals surface area contributed by atoms with Gasteiger partial charge in [0.15, 0.2) is 0 Å². The standard InChI is InChI=1S/C17H26N2O3/c1-4-22-12-8-11-18-17(21)14(2)19(15(3)20)13-16-9-6-5-7-10-16/h5-7,9-10,14H,4,8,11-13H2,1-3H3,(H,18,21). The molecule has 1 aromatic rings.